The van der Waals surface area contributed by atoms with Crippen molar-refractivity contribution in [3.05, 3.63) is 170 Å². The van der Waals surface area contributed by atoms with E-state index >= 15 is 0 Å². The summed E-state index contributed by atoms with van der Waals surface area (Å²) in [6.07, 6.45) is 0. The van der Waals surface area contributed by atoms with Crippen molar-refractivity contribution in [1.29, 1.82) is 0 Å². The fourth-order valence-corrected chi connectivity index (χ4v) is 11.0. The summed E-state index contributed by atoms with van der Waals surface area (Å²) >= 11 is 0. The van der Waals surface area contributed by atoms with Crippen LogP contribution in [0.5, 0.6) is 0 Å². The molecular formula is C38H28N2O3P2. The van der Waals surface area contributed by atoms with Crippen LogP contribution in [0.15, 0.2) is 174 Å². The Morgan fingerprint density at radius 3 is 0.956 bits per heavy atom. The van der Waals surface area contributed by atoms with E-state index in [1.165, 1.54) is 0 Å². The highest BCUT2D eigenvalue weighted by atomic mass is 31.2. The Morgan fingerprint density at radius 2 is 0.644 bits per heavy atom. The second-order valence-electron chi connectivity index (χ2n) is 10.6. The molecule has 0 radical (unpaired) electrons. The van der Waals surface area contributed by atoms with E-state index in [-0.39, 0.29) is 0 Å². The Kier molecular flexibility index (Phi) is 7.73. The molecule has 7 aromatic rings. The molecule has 0 aliphatic carbocycles. The van der Waals surface area contributed by atoms with Crippen molar-refractivity contribution in [3.63, 3.8) is 0 Å². The zero-order valence-corrected chi connectivity index (χ0v) is 26.0. The van der Waals surface area contributed by atoms with Gasteiger partial charge in [-0.15, -0.1) is 10.2 Å². The molecule has 218 valence electrons. The van der Waals surface area contributed by atoms with E-state index in [4.69, 9.17) is 4.42 Å². The lowest BCUT2D eigenvalue weighted by Gasteiger charge is -2.20. The minimum atomic E-state index is -3.18. The monoisotopic (exact) mass is 622 g/mol. The van der Waals surface area contributed by atoms with Gasteiger partial charge in [-0.3, -0.25) is 0 Å². The molecule has 7 rings (SSSR count). The van der Waals surface area contributed by atoms with Crippen LogP contribution in [-0.2, 0) is 9.13 Å². The van der Waals surface area contributed by atoms with Crippen LogP contribution >= 0.6 is 14.3 Å². The maximum atomic E-state index is 14.9. The van der Waals surface area contributed by atoms with E-state index < -0.39 is 14.3 Å². The lowest BCUT2D eigenvalue weighted by atomic mass is 10.2. The third-order valence-electron chi connectivity index (χ3n) is 7.82. The van der Waals surface area contributed by atoms with Gasteiger partial charge in [-0.25, -0.2) is 0 Å². The fraction of sp³-hybridized carbons (Fsp3) is 0. The van der Waals surface area contributed by atoms with E-state index in [0.717, 1.165) is 21.2 Å². The van der Waals surface area contributed by atoms with Gasteiger partial charge in [-0.05, 0) is 24.3 Å². The molecule has 1 heterocycles. The van der Waals surface area contributed by atoms with Crippen LogP contribution in [0.4, 0.5) is 0 Å². The van der Waals surface area contributed by atoms with Crippen molar-refractivity contribution in [2.45, 2.75) is 0 Å². The van der Waals surface area contributed by atoms with E-state index in [2.05, 4.69) is 10.2 Å². The first-order valence-corrected chi connectivity index (χ1v) is 18.0. The molecule has 0 saturated heterocycles. The minimum absolute atomic E-state index is 0.305. The summed E-state index contributed by atoms with van der Waals surface area (Å²) in [4.78, 5) is 0. The Morgan fingerprint density at radius 1 is 0.356 bits per heavy atom. The molecule has 0 atom stereocenters. The highest BCUT2D eigenvalue weighted by Gasteiger charge is 2.31. The van der Waals surface area contributed by atoms with Crippen LogP contribution in [0.3, 0.4) is 0 Å². The number of aromatic nitrogens is 2. The highest BCUT2D eigenvalue weighted by molar-refractivity contribution is 7.85. The first-order valence-electron chi connectivity index (χ1n) is 14.5. The Bertz CT molecular complexity index is 1930. The predicted octanol–water partition coefficient (Wildman–Crippen LogP) is 6.68. The lowest BCUT2D eigenvalue weighted by Crippen LogP contribution is -2.25. The average molecular weight is 623 g/mol. The highest BCUT2D eigenvalue weighted by Crippen LogP contribution is 2.44. The summed E-state index contributed by atoms with van der Waals surface area (Å²) in [5.41, 5.74) is 1.32. The van der Waals surface area contributed by atoms with Gasteiger partial charge < -0.3 is 13.5 Å². The molecule has 0 aliphatic rings. The number of nitrogens with zero attached hydrogens (tertiary/aromatic N) is 2. The molecule has 6 aromatic carbocycles. The molecule has 0 N–H and O–H groups in total. The number of hydrogen-bond acceptors (Lipinski definition) is 5. The summed E-state index contributed by atoms with van der Waals surface area (Å²) < 4.78 is 36.0. The molecule has 0 spiro atoms. The van der Waals surface area contributed by atoms with Crippen molar-refractivity contribution in [1.82, 2.24) is 10.2 Å². The van der Waals surface area contributed by atoms with Crippen molar-refractivity contribution >= 4 is 46.1 Å². The van der Waals surface area contributed by atoms with Gasteiger partial charge in [-0.1, -0.05) is 146 Å². The van der Waals surface area contributed by atoms with Gasteiger partial charge in [0.2, 0.25) is 11.8 Å². The Balaban J connectivity index is 1.28. The molecular weight excluding hydrogens is 594 g/mol. The third kappa shape index (κ3) is 5.31. The van der Waals surface area contributed by atoms with Gasteiger partial charge in [0, 0.05) is 43.0 Å². The van der Waals surface area contributed by atoms with Gasteiger partial charge >= 0.3 is 0 Å². The first kappa shape index (κ1) is 28.7. The van der Waals surface area contributed by atoms with Gasteiger partial charge in [0.25, 0.3) is 0 Å². The smallest absolute Gasteiger partial charge is 0.248 e. The number of rotatable bonds is 8. The molecule has 45 heavy (non-hydrogen) atoms. The maximum absolute atomic E-state index is 14.9. The zero-order chi connectivity index (χ0) is 30.7. The summed E-state index contributed by atoms with van der Waals surface area (Å²) in [5, 5.41) is 13.1. The molecule has 1 aromatic heterocycles. The largest absolute Gasteiger partial charge is 0.416 e. The SMILES string of the molecule is O=P(c1ccccc1)(c1ccccc1)c1cccc(-c2nnc(-c3cccc(P(=O)(c4ccccc4)c4ccccc4)c3)o2)c1. The number of hydrogen-bond donors (Lipinski definition) is 0. The van der Waals surface area contributed by atoms with Crippen LogP contribution in [0.1, 0.15) is 0 Å². The van der Waals surface area contributed by atoms with Crippen LogP contribution in [0, 0.1) is 0 Å². The van der Waals surface area contributed by atoms with Crippen molar-refractivity contribution in [3.8, 4) is 22.9 Å². The van der Waals surface area contributed by atoms with Gasteiger partial charge in [0.15, 0.2) is 14.3 Å². The molecule has 0 amide bonds. The molecule has 7 heteroatoms. The first-order chi connectivity index (χ1) is 22.1. The van der Waals surface area contributed by atoms with E-state index in [0.29, 0.717) is 33.5 Å². The average Bonchev–Trinajstić information content (AvgIpc) is 3.63. The van der Waals surface area contributed by atoms with Gasteiger partial charge in [0.05, 0.1) is 0 Å². The normalized spacial score (nSPS) is 11.7. The maximum Gasteiger partial charge on any atom is 0.248 e. The zero-order valence-electron chi connectivity index (χ0n) is 24.2. The molecule has 0 fully saturated rings. The van der Waals surface area contributed by atoms with Gasteiger partial charge in [-0.2, -0.15) is 0 Å². The van der Waals surface area contributed by atoms with Crippen molar-refractivity contribution in [2.75, 3.05) is 0 Å². The molecule has 0 unspecified atom stereocenters. The van der Waals surface area contributed by atoms with E-state index in [1.807, 2.05) is 170 Å². The third-order valence-corrected chi connectivity index (χ3v) is 13.9. The number of benzene rings is 6. The standard InChI is InChI=1S/C38H28N2O3P2/c41-44(31-17-5-1-6-18-31,32-19-7-2-8-20-32)35-25-13-15-29(27-35)37-39-40-38(43-37)30-16-14-26-36(28-30)45(42,33-21-9-3-10-22-33)34-23-11-4-12-24-34/h1-28H. The predicted molar refractivity (Wildman–Crippen MR) is 184 cm³/mol. The fourth-order valence-electron chi connectivity index (χ4n) is 5.57. The molecule has 0 bridgehead atoms. The van der Waals surface area contributed by atoms with E-state index in [1.54, 1.807) is 0 Å². The quantitative estimate of drug-likeness (QED) is 0.177. The second-order valence-corrected chi connectivity index (χ2v) is 16.1. The second kappa shape index (κ2) is 12.1. The van der Waals surface area contributed by atoms with Crippen molar-refractivity contribution in [2.24, 2.45) is 0 Å². The summed E-state index contributed by atoms with van der Waals surface area (Å²) in [7, 11) is -6.36. The van der Waals surface area contributed by atoms with Crippen LogP contribution in [0.25, 0.3) is 22.9 Å². The van der Waals surface area contributed by atoms with Gasteiger partial charge in [0.1, 0.15) is 0 Å². The molecule has 0 saturated carbocycles. The summed E-state index contributed by atoms with van der Waals surface area (Å²) in [6.45, 7) is 0. The summed E-state index contributed by atoms with van der Waals surface area (Å²) in [6, 6.07) is 53.1. The van der Waals surface area contributed by atoms with Crippen LogP contribution in [0.2, 0.25) is 0 Å². The Hall–Kier alpha value is -5.08. The summed E-state index contributed by atoms with van der Waals surface area (Å²) in [5.74, 6) is 0.610. The lowest BCUT2D eigenvalue weighted by molar-refractivity contribution is 0.584. The molecule has 5 nitrogen and oxygen atoms in total. The van der Waals surface area contributed by atoms with Crippen LogP contribution < -0.4 is 31.8 Å². The Labute approximate surface area is 262 Å². The topological polar surface area (TPSA) is 73.1 Å². The van der Waals surface area contributed by atoms with E-state index in [9.17, 15) is 9.13 Å². The minimum Gasteiger partial charge on any atom is -0.416 e. The molecule has 0 aliphatic heterocycles. The van der Waals surface area contributed by atoms with Crippen LogP contribution in [-0.4, -0.2) is 10.2 Å². The van der Waals surface area contributed by atoms with Crippen molar-refractivity contribution < 1.29 is 13.5 Å².